The van der Waals surface area contributed by atoms with E-state index < -0.39 is 0 Å². The second kappa shape index (κ2) is 6.78. The molecule has 0 bridgehead atoms. The van der Waals surface area contributed by atoms with Crippen molar-refractivity contribution in [1.82, 2.24) is 0 Å². The van der Waals surface area contributed by atoms with Crippen LogP contribution >= 0.6 is 0 Å². The van der Waals surface area contributed by atoms with E-state index in [1.54, 1.807) is 0 Å². The molecule has 1 saturated carbocycles. The first-order valence-electron chi connectivity index (χ1n) is 7.95. The molecule has 0 aliphatic heterocycles. The van der Waals surface area contributed by atoms with Gasteiger partial charge in [0.15, 0.2) is 5.78 Å². The first kappa shape index (κ1) is 15.5. The van der Waals surface area contributed by atoms with Crippen molar-refractivity contribution in [3.8, 4) is 0 Å². The van der Waals surface area contributed by atoms with Crippen LogP contribution in [-0.4, -0.2) is 11.8 Å². The van der Waals surface area contributed by atoms with Crippen molar-refractivity contribution >= 4 is 11.8 Å². The van der Waals surface area contributed by atoms with E-state index in [0.717, 1.165) is 11.1 Å². The van der Waals surface area contributed by atoms with Gasteiger partial charge in [-0.3, -0.25) is 9.59 Å². The highest BCUT2D eigenvalue weighted by Gasteiger charge is 2.52. The molecule has 0 amide bonds. The molecule has 3 nitrogen and oxygen atoms in total. The third-order valence-electron chi connectivity index (χ3n) is 4.57. The van der Waals surface area contributed by atoms with E-state index in [1.807, 2.05) is 67.6 Å². The molecule has 3 atom stereocenters. The predicted octanol–water partition coefficient (Wildman–Crippen LogP) is 3.88. The molecule has 3 rings (SSSR count). The fraction of sp³-hybridized carbons (Fsp3) is 0.300. The molecule has 2 aromatic carbocycles. The summed E-state index contributed by atoms with van der Waals surface area (Å²) in [6.45, 7) is 2.32. The molecule has 0 N–H and O–H groups in total. The highest BCUT2D eigenvalue weighted by Crippen LogP contribution is 2.50. The Labute approximate surface area is 136 Å². The first-order chi connectivity index (χ1) is 11.2. The van der Waals surface area contributed by atoms with Crippen LogP contribution in [0.2, 0.25) is 0 Å². The zero-order valence-corrected chi connectivity index (χ0v) is 13.1. The third kappa shape index (κ3) is 3.67. The van der Waals surface area contributed by atoms with Crippen LogP contribution < -0.4 is 0 Å². The summed E-state index contributed by atoms with van der Waals surface area (Å²) in [6, 6.07) is 18.9. The van der Waals surface area contributed by atoms with Gasteiger partial charge in [-0.25, -0.2) is 0 Å². The Balaban J connectivity index is 1.51. The van der Waals surface area contributed by atoms with Crippen LogP contribution in [0.5, 0.6) is 0 Å². The van der Waals surface area contributed by atoms with Gasteiger partial charge in [0.25, 0.3) is 0 Å². The van der Waals surface area contributed by atoms with Gasteiger partial charge in [-0.05, 0) is 17.4 Å². The fourth-order valence-corrected chi connectivity index (χ4v) is 3.08. The van der Waals surface area contributed by atoms with Gasteiger partial charge in [0.2, 0.25) is 0 Å². The number of esters is 1. The molecular weight excluding hydrogens is 288 g/mol. The highest BCUT2D eigenvalue weighted by molar-refractivity contribution is 6.00. The van der Waals surface area contributed by atoms with Gasteiger partial charge in [-0.2, -0.15) is 0 Å². The minimum Gasteiger partial charge on any atom is -0.461 e. The number of Topliss-reactive ketones (excluding diaryl/α,β-unsaturated/α-hetero) is 1. The maximum Gasteiger partial charge on any atom is 0.306 e. The van der Waals surface area contributed by atoms with E-state index in [1.165, 1.54) is 0 Å². The van der Waals surface area contributed by atoms with Gasteiger partial charge >= 0.3 is 5.97 Å². The normalized spacial score (nSPS) is 22.4. The van der Waals surface area contributed by atoms with Crippen LogP contribution in [0.25, 0.3) is 0 Å². The molecule has 0 radical (unpaired) electrons. The Morgan fingerprint density at radius 3 is 2.22 bits per heavy atom. The average molecular weight is 308 g/mol. The van der Waals surface area contributed by atoms with Crippen molar-refractivity contribution in [2.45, 2.75) is 20.0 Å². The Kier molecular flexibility index (Phi) is 4.56. The van der Waals surface area contributed by atoms with Crippen LogP contribution in [0, 0.1) is 17.8 Å². The van der Waals surface area contributed by atoms with Gasteiger partial charge < -0.3 is 4.74 Å². The zero-order valence-electron chi connectivity index (χ0n) is 13.1. The number of hydrogen-bond donors (Lipinski definition) is 0. The average Bonchev–Trinajstić information content (AvgIpc) is 3.23. The molecule has 0 spiro atoms. The molecule has 0 unspecified atom stereocenters. The Morgan fingerprint density at radius 1 is 0.957 bits per heavy atom. The van der Waals surface area contributed by atoms with Crippen LogP contribution in [0.4, 0.5) is 0 Å². The van der Waals surface area contributed by atoms with E-state index in [-0.39, 0.29) is 36.1 Å². The molecule has 3 heteroatoms. The number of rotatable bonds is 6. The summed E-state index contributed by atoms with van der Waals surface area (Å²) in [5.41, 5.74) is 1.70. The third-order valence-corrected chi connectivity index (χ3v) is 4.57. The van der Waals surface area contributed by atoms with E-state index in [0.29, 0.717) is 6.42 Å². The lowest BCUT2D eigenvalue weighted by Crippen LogP contribution is -2.08. The minimum absolute atomic E-state index is 0.0540. The second-order valence-corrected chi connectivity index (χ2v) is 6.13. The van der Waals surface area contributed by atoms with Crippen LogP contribution in [0.1, 0.15) is 29.3 Å². The van der Waals surface area contributed by atoms with E-state index in [9.17, 15) is 9.59 Å². The Hall–Kier alpha value is -2.42. The lowest BCUT2D eigenvalue weighted by Gasteiger charge is -2.04. The second-order valence-electron chi connectivity index (χ2n) is 6.13. The number of ether oxygens (including phenoxy) is 1. The molecule has 0 aromatic heterocycles. The van der Waals surface area contributed by atoms with Crippen molar-refractivity contribution in [3.05, 3.63) is 71.8 Å². The van der Waals surface area contributed by atoms with Crippen molar-refractivity contribution in [3.63, 3.8) is 0 Å². The topological polar surface area (TPSA) is 43.4 Å². The highest BCUT2D eigenvalue weighted by atomic mass is 16.5. The molecule has 1 aliphatic carbocycles. The van der Waals surface area contributed by atoms with E-state index in [4.69, 9.17) is 4.74 Å². The lowest BCUT2D eigenvalue weighted by molar-refractivity contribution is -0.145. The molecule has 2 aromatic rings. The van der Waals surface area contributed by atoms with Crippen molar-refractivity contribution in [2.75, 3.05) is 0 Å². The van der Waals surface area contributed by atoms with Gasteiger partial charge in [0, 0.05) is 17.9 Å². The summed E-state index contributed by atoms with van der Waals surface area (Å²) in [5.74, 6) is 0.202. The summed E-state index contributed by atoms with van der Waals surface area (Å²) in [6.07, 6.45) is 0.317. The number of ketones is 1. The standard InChI is InChI=1S/C20H20O3/c1-14-17(19(14)20(22)16-10-6-3-7-11-16)12-18(21)23-13-15-8-4-2-5-9-15/h2-11,14,17,19H,12-13H2,1H3/t14-,17+,19-/m1/s1. The fourth-order valence-electron chi connectivity index (χ4n) is 3.08. The molecule has 0 saturated heterocycles. The monoisotopic (exact) mass is 308 g/mol. The number of carbonyl (C=O) groups is 2. The molecule has 23 heavy (non-hydrogen) atoms. The number of hydrogen-bond acceptors (Lipinski definition) is 3. The van der Waals surface area contributed by atoms with Crippen LogP contribution in [0.3, 0.4) is 0 Å². The zero-order chi connectivity index (χ0) is 16.2. The Bertz CT molecular complexity index is 679. The van der Waals surface area contributed by atoms with Crippen molar-refractivity contribution < 1.29 is 14.3 Å². The first-order valence-corrected chi connectivity index (χ1v) is 7.95. The SMILES string of the molecule is C[C@@H]1[C@H](CC(=O)OCc2ccccc2)[C@@H]1C(=O)c1ccccc1. The number of benzene rings is 2. The maximum atomic E-state index is 12.4. The van der Waals surface area contributed by atoms with Gasteiger partial charge in [-0.1, -0.05) is 67.6 Å². The predicted molar refractivity (Wildman–Crippen MR) is 87.8 cm³/mol. The summed E-state index contributed by atoms with van der Waals surface area (Å²) in [7, 11) is 0. The quantitative estimate of drug-likeness (QED) is 0.601. The molecule has 1 aliphatic rings. The van der Waals surface area contributed by atoms with E-state index in [2.05, 4.69) is 0 Å². The molecule has 118 valence electrons. The van der Waals surface area contributed by atoms with Crippen molar-refractivity contribution in [1.29, 1.82) is 0 Å². The smallest absolute Gasteiger partial charge is 0.306 e. The summed E-state index contributed by atoms with van der Waals surface area (Å²) < 4.78 is 5.31. The lowest BCUT2D eigenvalue weighted by atomic mass is 10.1. The number of carbonyl (C=O) groups excluding carboxylic acids is 2. The van der Waals surface area contributed by atoms with Gasteiger partial charge in [0.1, 0.15) is 6.61 Å². The maximum absolute atomic E-state index is 12.4. The van der Waals surface area contributed by atoms with E-state index >= 15 is 0 Å². The molecular formula is C20H20O3. The van der Waals surface area contributed by atoms with Crippen LogP contribution in [-0.2, 0) is 16.1 Å². The van der Waals surface area contributed by atoms with Gasteiger partial charge in [-0.15, -0.1) is 0 Å². The minimum atomic E-state index is -0.228. The summed E-state index contributed by atoms with van der Waals surface area (Å²) >= 11 is 0. The molecule has 1 fully saturated rings. The molecule has 0 heterocycles. The van der Waals surface area contributed by atoms with Crippen molar-refractivity contribution in [2.24, 2.45) is 17.8 Å². The van der Waals surface area contributed by atoms with Gasteiger partial charge in [0.05, 0.1) is 0 Å². The summed E-state index contributed by atoms with van der Waals surface area (Å²) in [4.78, 5) is 24.4. The van der Waals surface area contributed by atoms with Crippen LogP contribution in [0.15, 0.2) is 60.7 Å². The summed E-state index contributed by atoms with van der Waals surface area (Å²) in [5, 5.41) is 0. The Morgan fingerprint density at radius 2 is 1.57 bits per heavy atom. The largest absolute Gasteiger partial charge is 0.461 e.